The second-order valence-electron chi connectivity index (χ2n) is 3.78. The maximum Gasteiger partial charge on any atom is 0.238 e. The van der Waals surface area contributed by atoms with E-state index in [2.05, 4.69) is 0 Å². The van der Waals surface area contributed by atoms with Crippen LogP contribution in [0.25, 0.3) is 0 Å². The van der Waals surface area contributed by atoms with Crippen LogP contribution in [0, 0.1) is 0 Å². The van der Waals surface area contributed by atoms with E-state index >= 15 is 0 Å². The van der Waals surface area contributed by atoms with Crippen molar-refractivity contribution in [1.82, 2.24) is 0 Å². The number of halogens is 2. The molecule has 0 aromatic heterocycles. The van der Waals surface area contributed by atoms with Crippen molar-refractivity contribution in [2.24, 2.45) is 10.9 Å². The number of nitrogens with two attached hydrogens (primary N) is 2. The lowest BCUT2D eigenvalue weighted by Gasteiger charge is -2.11. The fourth-order valence-corrected chi connectivity index (χ4v) is 1.67. The summed E-state index contributed by atoms with van der Waals surface area (Å²) in [5.74, 6) is 0.405. The van der Waals surface area contributed by atoms with Crippen LogP contribution in [0.4, 0.5) is 4.39 Å². The second-order valence-corrected chi connectivity index (χ2v) is 5.34. The molecule has 5 nitrogen and oxygen atoms in total. The van der Waals surface area contributed by atoms with E-state index in [4.69, 9.17) is 15.6 Å². The van der Waals surface area contributed by atoms with E-state index in [1.165, 1.54) is 24.3 Å². The molecule has 0 spiro atoms. The number of primary sulfonamides is 1. The molecular weight excluding hydrogens is 295 g/mol. The van der Waals surface area contributed by atoms with Gasteiger partial charge < -0.3 is 10.5 Å². The van der Waals surface area contributed by atoms with Crippen LogP contribution in [0.5, 0.6) is 5.75 Å². The highest BCUT2D eigenvalue weighted by Gasteiger charge is 2.08. The number of sulfonamides is 1. The molecule has 1 atom stereocenters. The molecule has 0 heterocycles. The van der Waals surface area contributed by atoms with Gasteiger partial charge in [0, 0.05) is 11.6 Å². The van der Waals surface area contributed by atoms with Gasteiger partial charge in [0.1, 0.15) is 12.4 Å². The van der Waals surface area contributed by atoms with Gasteiger partial charge in [-0.1, -0.05) is 0 Å². The molecule has 0 saturated carbocycles. The van der Waals surface area contributed by atoms with Crippen molar-refractivity contribution in [1.29, 1.82) is 0 Å². The van der Waals surface area contributed by atoms with E-state index in [0.29, 0.717) is 17.7 Å². The van der Waals surface area contributed by atoms with Crippen molar-refractivity contribution in [3.63, 3.8) is 0 Å². The smallest absolute Gasteiger partial charge is 0.238 e. The number of hydrogen-bond donors (Lipinski definition) is 2. The van der Waals surface area contributed by atoms with E-state index in [9.17, 15) is 12.8 Å². The molecule has 108 valence electrons. The maximum absolute atomic E-state index is 12.4. The lowest BCUT2D eigenvalue weighted by Crippen LogP contribution is -2.22. The van der Waals surface area contributed by atoms with E-state index in [0.717, 1.165) is 0 Å². The SMILES string of the molecule is C[C@@H](N)/C(=C/F)COc1ccc(S(N)(=O)=O)cc1.Cl. The van der Waals surface area contributed by atoms with Crippen LogP contribution in [-0.4, -0.2) is 21.1 Å². The van der Waals surface area contributed by atoms with E-state index in [1.807, 2.05) is 0 Å². The van der Waals surface area contributed by atoms with Crippen molar-refractivity contribution in [3.8, 4) is 5.75 Å². The zero-order valence-corrected chi connectivity index (χ0v) is 11.9. The molecule has 0 bridgehead atoms. The predicted octanol–water partition coefficient (Wildman–Crippen LogP) is 1.34. The molecular formula is C11H16ClFN2O3S. The zero-order valence-electron chi connectivity index (χ0n) is 10.2. The molecule has 0 saturated heterocycles. The van der Waals surface area contributed by atoms with Gasteiger partial charge in [-0.15, -0.1) is 12.4 Å². The van der Waals surface area contributed by atoms with Gasteiger partial charge in [-0.2, -0.15) is 0 Å². The first-order valence-corrected chi connectivity index (χ1v) is 6.69. The Hall–Kier alpha value is -1.15. The second kappa shape index (κ2) is 7.44. The molecule has 0 fully saturated rings. The lowest BCUT2D eigenvalue weighted by atomic mass is 10.2. The van der Waals surface area contributed by atoms with E-state index in [-0.39, 0.29) is 23.9 Å². The van der Waals surface area contributed by atoms with Crippen LogP contribution in [0.2, 0.25) is 0 Å². The van der Waals surface area contributed by atoms with Gasteiger partial charge in [0.2, 0.25) is 10.0 Å². The third-order valence-corrected chi connectivity index (χ3v) is 3.21. The highest BCUT2D eigenvalue weighted by Crippen LogP contribution is 2.16. The van der Waals surface area contributed by atoms with Crippen LogP contribution in [0.15, 0.2) is 41.1 Å². The number of benzene rings is 1. The summed E-state index contributed by atoms with van der Waals surface area (Å²) in [5, 5.41) is 4.95. The summed E-state index contributed by atoms with van der Waals surface area (Å²) in [6, 6.07) is 5.07. The average molecular weight is 311 g/mol. The van der Waals surface area contributed by atoms with Gasteiger partial charge in [0.15, 0.2) is 0 Å². The van der Waals surface area contributed by atoms with Crippen molar-refractivity contribution >= 4 is 22.4 Å². The Labute approximate surface area is 117 Å². The van der Waals surface area contributed by atoms with Crippen LogP contribution in [0.3, 0.4) is 0 Å². The van der Waals surface area contributed by atoms with Crippen LogP contribution in [-0.2, 0) is 10.0 Å². The predicted molar refractivity (Wildman–Crippen MR) is 73.4 cm³/mol. The largest absolute Gasteiger partial charge is 0.489 e. The summed E-state index contributed by atoms with van der Waals surface area (Å²) in [6.07, 6.45) is 0.406. The molecule has 4 N–H and O–H groups in total. The molecule has 0 aliphatic rings. The third kappa shape index (κ3) is 5.56. The van der Waals surface area contributed by atoms with Crippen LogP contribution < -0.4 is 15.6 Å². The minimum Gasteiger partial charge on any atom is -0.489 e. The fraction of sp³-hybridized carbons (Fsp3) is 0.273. The molecule has 1 rings (SSSR count). The van der Waals surface area contributed by atoms with Gasteiger partial charge >= 0.3 is 0 Å². The normalized spacial score (nSPS) is 13.6. The first kappa shape index (κ1) is 17.8. The lowest BCUT2D eigenvalue weighted by molar-refractivity contribution is 0.341. The van der Waals surface area contributed by atoms with E-state index < -0.39 is 16.1 Å². The van der Waals surface area contributed by atoms with Crippen molar-refractivity contribution in [2.45, 2.75) is 17.9 Å². The van der Waals surface area contributed by atoms with Gasteiger partial charge in [0.05, 0.1) is 11.2 Å². The summed E-state index contributed by atoms with van der Waals surface area (Å²) in [4.78, 5) is -0.0108. The van der Waals surface area contributed by atoms with Gasteiger partial charge in [-0.25, -0.2) is 17.9 Å². The first-order valence-electron chi connectivity index (χ1n) is 5.15. The summed E-state index contributed by atoms with van der Waals surface area (Å²) in [5.41, 5.74) is 5.82. The summed E-state index contributed by atoms with van der Waals surface area (Å²) >= 11 is 0. The Bertz CT molecular complexity index is 529. The molecule has 0 radical (unpaired) electrons. The standard InChI is InChI=1S/C11H15FN2O3S.ClH/c1-8(13)9(6-12)7-17-10-2-4-11(5-3-10)18(14,15)16;/h2-6,8H,7,13H2,1H3,(H2,14,15,16);1H/b9-6+;/t8-;/m1./s1. The van der Waals surface area contributed by atoms with Crippen molar-refractivity contribution < 1.29 is 17.5 Å². The fourth-order valence-electron chi connectivity index (χ4n) is 1.15. The van der Waals surface area contributed by atoms with Gasteiger partial charge in [0.25, 0.3) is 0 Å². The first-order chi connectivity index (χ1) is 8.34. The van der Waals surface area contributed by atoms with Crippen LogP contribution in [0.1, 0.15) is 6.92 Å². The number of hydrogen-bond acceptors (Lipinski definition) is 4. The molecule has 0 amide bonds. The quantitative estimate of drug-likeness (QED) is 0.857. The molecule has 1 aromatic rings. The highest BCUT2D eigenvalue weighted by atomic mass is 35.5. The summed E-state index contributed by atoms with van der Waals surface area (Å²) in [6.45, 7) is 1.64. The Morgan fingerprint density at radius 1 is 1.42 bits per heavy atom. The molecule has 0 aliphatic carbocycles. The Kier molecular flexibility index (Phi) is 6.99. The summed E-state index contributed by atoms with van der Waals surface area (Å²) in [7, 11) is -3.72. The average Bonchev–Trinajstić information content (AvgIpc) is 2.29. The molecule has 19 heavy (non-hydrogen) atoms. The third-order valence-electron chi connectivity index (χ3n) is 2.28. The zero-order chi connectivity index (χ0) is 13.8. The Morgan fingerprint density at radius 3 is 2.32 bits per heavy atom. The Morgan fingerprint density at radius 2 is 1.95 bits per heavy atom. The molecule has 0 unspecified atom stereocenters. The molecule has 0 aliphatic heterocycles. The minimum absolute atomic E-state index is 0. The number of ether oxygens (including phenoxy) is 1. The monoisotopic (exact) mass is 310 g/mol. The molecule has 1 aromatic carbocycles. The topological polar surface area (TPSA) is 95.4 Å². The summed E-state index contributed by atoms with van der Waals surface area (Å²) < 4.78 is 39.7. The van der Waals surface area contributed by atoms with Crippen LogP contribution >= 0.6 is 12.4 Å². The highest BCUT2D eigenvalue weighted by molar-refractivity contribution is 7.89. The minimum atomic E-state index is -3.72. The van der Waals surface area contributed by atoms with Gasteiger partial charge in [-0.05, 0) is 31.2 Å². The van der Waals surface area contributed by atoms with Gasteiger partial charge in [-0.3, -0.25) is 0 Å². The van der Waals surface area contributed by atoms with E-state index in [1.54, 1.807) is 6.92 Å². The molecule has 8 heteroatoms. The maximum atomic E-state index is 12.4. The van der Waals surface area contributed by atoms with Crippen molar-refractivity contribution in [3.05, 3.63) is 36.2 Å². The number of rotatable bonds is 5. The Balaban J connectivity index is 0.00000324. The van der Waals surface area contributed by atoms with Crippen molar-refractivity contribution in [2.75, 3.05) is 6.61 Å².